The van der Waals surface area contributed by atoms with Crippen molar-refractivity contribution in [1.82, 2.24) is 10.3 Å². The Morgan fingerprint density at radius 2 is 2.00 bits per heavy atom. The molecule has 4 rings (SSSR count). The lowest BCUT2D eigenvalue weighted by Gasteiger charge is -2.39. The van der Waals surface area contributed by atoms with E-state index in [0.717, 1.165) is 48.1 Å². The molecule has 4 nitrogen and oxygen atoms in total. The minimum absolute atomic E-state index is 0.0972. The Balaban J connectivity index is 1.66. The van der Waals surface area contributed by atoms with Crippen molar-refractivity contribution < 1.29 is 9.53 Å². The van der Waals surface area contributed by atoms with E-state index in [4.69, 9.17) is 4.74 Å². The van der Waals surface area contributed by atoms with E-state index < -0.39 is 0 Å². The van der Waals surface area contributed by atoms with Crippen LogP contribution in [0.5, 0.6) is 0 Å². The summed E-state index contributed by atoms with van der Waals surface area (Å²) in [6.45, 7) is 3.45. The topological polar surface area (TPSA) is 51.2 Å². The molecule has 0 amide bonds. The number of aryl methyl sites for hydroxylation is 1. The molecule has 1 aromatic heterocycles. The first-order chi connectivity index (χ1) is 10.7. The van der Waals surface area contributed by atoms with Crippen LogP contribution in [0, 0.1) is 12.8 Å². The zero-order valence-corrected chi connectivity index (χ0v) is 12.7. The van der Waals surface area contributed by atoms with E-state index >= 15 is 0 Å². The highest BCUT2D eigenvalue weighted by molar-refractivity contribution is 6.03. The lowest BCUT2D eigenvalue weighted by atomic mass is 9.81. The molecule has 0 radical (unpaired) electrons. The molecule has 0 spiro atoms. The number of benzene rings is 1. The largest absolute Gasteiger partial charge is 0.378 e. The van der Waals surface area contributed by atoms with E-state index in [1.165, 1.54) is 0 Å². The van der Waals surface area contributed by atoms with Crippen LogP contribution < -0.4 is 5.32 Å². The number of carbonyl (C=O) groups excluding carboxylic acids is 1. The molecule has 2 fully saturated rings. The minimum Gasteiger partial charge on any atom is -0.378 e. The van der Waals surface area contributed by atoms with Crippen LogP contribution in [0.1, 0.15) is 28.8 Å². The number of nitrogens with one attached hydrogen (secondary N) is 1. The summed E-state index contributed by atoms with van der Waals surface area (Å²) in [6, 6.07) is 8.58. The van der Waals surface area contributed by atoms with Gasteiger partial charge >= 0.3 is 0 Å². The molecular formula is C18H20N2O2. The van der Waals surface area contributed by atoms with Crippen LogP contribution in [0.3, 0.4) is 0 Å². The van der Waals surface area contributed by atoms with Crippen molar-refractivity contribution in [3.63, 3.8) is 0 Å². The van der Waals surface area contributed by atoms with Gasteiger partial charge in [0.1, 0.15) is 0 Å². The molecular weight excluding hydrogens is 276 g/mol. The number of ether oxygens (including phenoxy) is 1. The van der Waals surface area contributed by atoms with Crippen molar-refractivity contribution in [3.05, 3.63) is 41.6 Å². The van der Waals surface area contributed by atoms with Gasteiger partial charge in [-0.1, -0.05) is 18.2 Å². The number of pyridine rings is 1. The van der Waals surface area contributed by atoms with Gasteiger partial charge < -0.3 is 10.1 Å². The number of hydrogen-bond acceptors (Lipinski definition) is 4. The standard InChI is InChI=1S/C18H20N2O2/c1-11-16(5-4-12-3-2-6-19-17(11)12)18(21)13-7-14-9-22-10-15(8-13)20-14/h2-6,13-15,20H,7-10H2,1H3. The summed E-state index contributed by atoms with van der Waals surface area (Å²) in [5, 5.41) is 4.63. The molecule has 3 heterocycles. The third-order valence-corrected chi connectivity index (χ3v) is 4.91. The average molecular weight is 296 g/mol. The highest BCUT2D eigenvalue weighted by Gasteiger charge is 2.35. The smallest absolute Gasteiger partial charge is 0.166 e. The Hall–Kier alpha value is -1.78. The lowest BCUT2D eigenvalue weighted by molar-refractivity contribution is 0.00952. The second-order valence-corrected chi connectivity index (χ2v) is 6.44. The molecule has 0 aliphatic carbocycles. The number of carbonyl (C=O) groups is 1. The van der Waals surface area contributed by atoms with Gasteiger partial charge in [-0.15, -0.1) is 0 Å². The highest BCUT2D eigenvalue weighted by Crippen LogP contribution is 2.29. The number of morpholine rings is 1. The van der Waals surface area contributed by atoms with Crippen molar-refractivity contribution in [3.8, 4) is 0 Å². The summed E-state index contributed by atoms with van der Waals surface area (Å²) in [7, 11) is 0. The van der Waals surface area contributed by atoms with Gasteiger partial charge in [0.25, 0.3) is 0 Å². The maximum absolute atomic E-state index is 13.0. The number of aromatic nitrogens is 1. The maximum atomic E-state index is 13.0. The van der Waals surface area contributed by atoms with Gasteiger partial charge in [-0.2, -0.15) is 0 Å². The quantitative estimate of drug-likeness (QED) is 0.865. The fourth-order valence-corrected chi connectivity index (χ4v) is 3.83. The first-order valence-electron chi connectivity index (χ1n) is 7.94. The van der Waals surface area contributed by atoms with Gasteiger partial charge in [0.15, 0.2) is 5.78 Å². The van der Waals surface area contributed by atoms with Crippen molar-refractivity contribution in [2.75, 3.05) is 13.2 Å². The first-order valence-corrected chi connectivity index (χ1v) is 7.94. The minimum atomic E-state index is 0.0972. The SMILES string of the molecule is Cc1c(C(=O)C2CC3COCC(C2)N3)ccc2cccnc12. The van der Waals surface area contributed by atoms with Gasteiger partial charge in [0.05, 0.1) is 18.7 Å². The van der Waals surface area contributed by atoms with Crippen molar-refractivity contribution in [1.29, 1.82) is 0 Å². The monoisotopic (exact) mass is 296 g/mol. The molecule has 2 bridgehead atoms. The van der Waals surface area contributed by atoms with Crippen LogP contribution in [-0.4, -0.2) is 36.1 Å². The summed E-state index contributed by atoms with van der Waals surface area (Å²) in [5.74, 6) is 0.364. The van der Waals surface area contributed by atoms with Crippen molar-refractivity contribution in [2.24, 2.45) is 5.92 Å². The third kappa shape index (κ3) is 2.32. The number of piperidine rings is 1. The van der Waals surface area contributed by atoms with Gasteiger partial charge in [-0.3, -0.25) is 9.78 Å². The number of Topliss-reactive ketones (excluding diaryl/α,β-unsaturated/α-hetero) is 1. The van der Waals surface area contributed by atoms with Crippen LogP contribution >= 0.6 is 0 Å². The molecule has 114 valence electrons. The van der Waals surface area contributed by atoms with Crippen LogP contribution in [0.15, 0.2) is 30.5 Å². The fourth-order valence-electron chi connectivity index (χ4n) is 3.83. The van der Waals surface area contributed by atoms with E-state index in [0.29, 0.717) is 12.1 Å². The normalized spacial score (nSPS) is 27.8. The Kier molecular flexibility index (Phi) is 3.43. The second-order valence-electron chi connectivity index (χ2n) is 6.44. The Morgan fingerprint density at radius 3 is 2.77 bits per heavy atom. The summed E-state index contributed by atoms with van der Waals surface area (Å²) in [4.78, 5) is 17.4. The van der Waals surface area contributed by atoms with Crippen molar-refractivity contribution >= 4 is 16.7 Å². The van der Waals surface area contributed by atoms with Crippen LogP contribution in [0.4, 0.5) is 0 Å². The second kappa shape index (κ2) is 5.45. The Labute approximate surface area is 129 Å². The van der Waals surface area contributed by atoms with Gasteiger partial charge in [0.2, 0.25) is 0 Å². The number of hydrogen-bond donors (Lipinski definition) is 1. The summed E-state index contributed by atoms with van der Waals surface area (Å²) in [6.07, 6.45) is 3.53. The van der Waals surface area contributed by atoms with E-state index in [2.05, 4.69) is 10.3 Å². The molecule has 1 aromatic carbocycles. The molecule has 2 atom stereocenters. The first kappa shape index (κ1) is 13.9. The Bertz CT molecular complexity index is 716. The van der Waals surface area contributed by atoms with Crippen molar-refractivity contribution in [2.45, 2.75) is 31.8 Å². The summed E-state index contributed by atoms with van der Waals surface area (Å²) >= 11 is 0. The van der Waals surface area contributed by atoms with E-state index in [-0.39, 0.29) is 11.7 Å². The molecule has 2 aliphatic heterocycles. The van der Waals surface area contributed by atoms with Gasteiger partial charge in [-0.05, 0) is 31.4 Å². The zero-order chi connectivity index (χ0) is 15.1. The third-order valence-electron chi connectivity index (χ3n) is 4.91. The molecule has 22 heavy (non-hydrogen) atoms. The Morgan fingerprint density at radius 1 is 1.23 bits per heavy atom. The number of ketones is 1. The zero-order valence-electron chi connectivity index (χ0n) is 12.7. The molecule has 2 aliphatic rings. The van der Waals surface area contributed by atoms with Crippen LogP contribution in [0.2, 0.25) is 0 Å². The van der Waals surface area contributed by atoms with Crippen LogP contribution in [-0.2, 0) is 4.74 Å². The highest BCUT2D eigenvalue weighted by atomic mass is 16.5. The molecule has 2 aromatic rings. The van der Waals surface area contributed by atoms with Gasteiger partial charge in [-0.25, -0.2) is 0 Å². The average Bonchev–Trinajstić information content (AvgIpc) is 2.54. The molecule has 4 heteroatoms. The lowest BCUT2D eigenvalue weighted by Crippen LogP contribution is -2.55. The van der Waals surface area contributed by atoms with E-state index in [9.17, 15) is 4.79 Å². The molecule has 0 saturated carbocycles. The summed E-state index contributed by atoms with van der Waals surface area (Å²) < 4.78 is 5.57. The van der Waals surface area contributed by atoms with Gasteiger partial charge in [0, 0.05) is 35.1 Å². The predicted molar refractivity (Wildman–Crippen MR) is 85.1 cm³/mol. The fraction of sp³-hybridized carbons (Fsp3) is 0.444. The molecule has 1 N–H and O–H groups in total. The number of nitrogens with zero attached hydrogens (tertiary/aromatic N) is 1. The predicted octanol–water partition coefficient (Wildman–Crippen LogP) is 2.49. The maximum Gasteiger partial charge on any atom is 0.166 e. The van der Waals surface area contributed by atoms with E-state index in [1.807, 2.05) is 31.2 Å². The summed E-state index contributed by atoms with van der Waals surface area (Å²) in [5.41, 5.74) is 2.77. The van der Waals surface area contributed by atoms with Crippen LogP contribution in [0.25, 0.3) is 10.9 Å². The number of fused-ring (bicyclic) bond motifs is 3. The number of rotatable bonds is 2. The molecule has 2 unspecified atom stereocenters. The molecule has 2 saturated heterocycles. The van der Waals surface area contributed by atoms with E-state index in [1.54, 1.807) is 6.20 Å².